The second-order valence-electron chi connectivity index (χ2n) is 8.48. The number of methoxy groups -OCH3 is 1. The van der Waals surface area contributed by atoms with E-state index in [0.717, 1.165) is 44.6 Å². The maximum absolute atomic E-state index is 12.7. The summed E-state index contributed by atoms with van der Waals surface area (Å²) in [5, 5.41) is 16.3. The van der Waals surface area contributed by atoms with E-state index in [2.05, 4.69) is 20.5 Å². The summed E-state index contributed by atoms with van der Waals surface area (Å²) in [5.74, 6) is 1.34. The molecule has 3 N–H and O–H groups in total. The fourth-order valence-corrected chi connectivity index (χ4v) is 4.60. The van der Waals surface area contributed by atoms with Crippen LogP contribution in [0.15, 0.2) is 42.6 Å². The fourth-order valence-electron chi connectivity index (χ4n) is 4.47. The van der Waals surface area contributed by atoms with E-state index in [1.165, 1.54) is 0 Å². The lowest BCUT2D eigenvalue weighted by atomic mass is 9.81. The molecule has 0 spiro atoms. The van der Waals surface area contributed by atoms with E-state index in [4.69, 9.17) is 16.3 Å². The van der Waals surface area contributed by atoms with Crippen molar-refractivity contribution in [2.45, 2.75) is 37.3 Å². The average Bonchev–Trinajstić information content (AvgIpc) is 2.75. The Morgan fingerprint density at radius 2 is 2.03 bits per heavy atom. The third-order valence-electron chi connectivity index (χ3n) is 6.22. The molecule has 1 saturated carbocycles. The SMILES string of the molecule is COc1ccc([C@@H]2CN(CC3CC(O)C3)CC[C@H]2NC(=O)Nc2ccc(Cl)cc2)nc1. The van der Waals surface area contributed by atoms with Gasteiger partial charge >= 0.3 is 6.03 Å². The number of ether oxygens (including phenoxy) is 1. The zero-order valence-electron chi connectivity index (χ0n) is 17.6. The van der Waals surface area contributed by atoms with Gasteiger partial charge in [0, 0.05) is 48.0 Å². The maximum Gasteiger partial charge on any atom is 0.319 e. The number of anilines is 1. The number of aromatic nitrogens is 1. The number of aliphatic hydroxyl groups excluding tert-OH is 1. The van der Waals surface area contributed by atoms with Crippen LogP contribution in [0.4, 0.5) is 10.5 Å². The predicted octanol–water partition coefficient (Wildman–Crippen LogP) is 3.49. The lowest BCUT2D eigenvalue weighted by Crippen LogP contribution is -2.52. The number of hydrogen-bond acceptors (Lipinski definition) is 5. The Morgan fingerprint density at radius 3 is 2.68 bits per heavy atom. The van der Waals surface area contributed by atoms with Crippen molar-refractivity contribution in [3.63, 3.8) is 0 Å². The molecule has 1 aliphatic heterocycles. The molecule has 2 aromatic rings. The van der Waals surface area contributed by atoms with Crippen LogP contribution in [0.5, 0.6) is 5.75 Å². The summed E-state index contributed by atoms with van der Waals surface area (Å²) < 4.78 is 5.24. The molecule has 1 saturated heterocycles. The van der Waals surface area contributed by atoms with Crippen LogP contribution in [-0.2, 0) is 0 Å². The van der Waals surface area contributed by atoms with Gasteiger partial charge in [0.05, 0.1) is 19.4 Å². The number of hydrogen-bond donors (Lipinski definition) is 3. The first-order chi connectivity index (χ1) is 15.0. The number of carbonyl (C=O) groups is 1. The number of amides is 2. The molecule has 1 aromatic carbocycles. The monoisotopic (exact) mass is 444 g/mol. The summed E-state index contributed by atoms with van der Waals surface area (Å²) in [4.78, 5) is 19.7. The first-order valence-corrected chi connectivity index (χ1v) is 11.1. The molecule has 0 unspecified atom stereocenters. The van der Waals surface area contributed by atoms with Crippen LogP contribution >= 0.6 is 11.6 Å². The predicted molar refractivity (Wildman–Crippen MR) is 121 cm³/mol. The number of urea groups is 1. The number of halogens is 1. The van der Waals surface area contributed by atoms with Gasteiger partial charge in [-0.1, -0.05) is 11.6 Å². The van der Waals surface area contributed by atoms with E-state index >= 15 is 0 Å². The minimum Gasteiger partial charge on any atom is -0.495 e. The Labute approximate surface area is 187 Å². The molecule has 2 aliphatic rings. The van der Waals surface area contributed by atoms with Crippen LogP contribution in [-0.4, -0.2) is 59.9 Å². The number of aliphatic hydroxyl groups is 1. The molecule has 166 valence electrons. The molecule has 4 rings (SSSR count). The van der Waals surface area contributed by atoms with Crippen LogP contribution < -0.4 is 15.4 Å². The summed E-state index contributed by atoms with van der Waals surface area (Å²) in [7, 11) is 1.62. The van der Waals surface area contributed by atoms with E-state index in [9.17, 15) is 9.90 Å². The lowest BCUT2D eigenvalue weighted by molar-refractivity contribution is 0.0180. The number of nitrogens with zero attached hydrogens (tertiary/aromatic N) is 2. The number of piperidine rings is 1. The summed E-state index contributed by atoms with van der Waals surface area (Å²) >= 11 is 5.92. The molecule has 2 fully saturated rings. The molecule has 8 heteroatoms. The van der Waals surface area contributed by atoms with Crippen molar-refractivity contribution in [3.05, 3.63) is 53.3 Å². The van der Waals surface area contributed by atoms with Crippen LogP contribution in [0.1, 0.15) is 30.9 Å². The highest BCUT2D eigenvalue weighted by molar-refractivity contribution is 6.30. The average molecular weight is 445 g/mol. The molecule has 0 bridgehead atoms. The summed E-state index contributed by atoms with van der Waals surface area (Å²) in [6, 6.07) is 10.7. The molecule has 1 aliphatic carbocycles. The number of rotatable bonds is 6. The zero-order valence-corrected chi connectivity index (χ0v) is 18.4. The maximum atomic E-state index is 12.7. The molecule has 0 radical (unpaired) electrons. The minimum atomic E-state index is -0.235. The molecule has 2 amide bonds. The van der Waals surface area contributed by atoms with Gasteiger partial charge in [-0.15, -0.1) is 0 Å². The van der Waals surface area contributed by atoms with Crippen molar-refractivity contribution in [1.29, 1.82) is 0 Å². The van der Waals surface area contributed by atoms with Gasteiger partial charge in [0.15, 0.2) is 0 Å². The van der Waals surface area contributed by atoms with Crippen molar-refractivity contribution in [3.8, 4) is 5.75 Å². The van der Waals surface area contributed by atoms with Crippen LogP contribution in [0.2, 0.25) is 5.02 Å². The number of likely N-dealkylation sites (tertiary alicyclic amines) is 1. The number of carbonyl (C=O) groups excluding carboxylic acids is 1. The van der Waals surface area contributed by atoms with Crippen LogP contribution in [0, 0.1) is 5.92 Å². The first kappa shape index (κ1) is 21.9. The Balaban J connectivity index is 1.43. The van der Waals surface area contributed by atoms with E-state index in [1.54, 1.807) is 37.6 Å². The molecule has 31 heavy (non-hydrogen) atoms. The summed E-state index contributed by atoms with van der Waals surface area (Å²) in [5.41, 5.74) is 1.64. The Kier molecular flexibility index (Phi) is 6.95. The highest BCUT2D eigenvalue weighted by Crippen LogP contribution is 2.32. The largest absolute Gasteiger partial charge is 0.495 e. The lowest BCUT2D eigenvalue weighted by Gasteiger charge is -2.42. The van der Waals surface area contributed by atoms with Gasteiger partial charge in [0.2, 0.25) is 0 Å². The van der Waals surface area contributed by atoms with Crippen molar-refractivity contribution < 1.29 is 14.6 Å². The topological polar surface area (TPSA) is 86.7 Å². The summed E-state index contributed by atoms with van der Waals surface area (Å²) in [6.07, 6.45) is 4.18. The van der Waals surface area contributed by atoms with Gasteiger partial charge in [0.1, 0.15) is 5.75 Å². The number of benzene rings is 1. The Bertz CT molecular complexity index is 871. The van der Waals surface area contributed by atoms with E-state index < -0.39 is 0 Å². The molecule has 7 nitrogen and oxygen atoms in total. The molecule has 2 atom stereocenters. The van der Waals surface area contributed by atoms with Gasteiger partial charge in [0.25, 0.3) is 0 Å². The minimum absolute atomic E-state index is 0.0311. The first-order valence-electron chi connectivity index (χ1n) is 10.7. The smallest absolute Gasteiger partial charge is 0.319 e. The standard InChI is InChI=1S/C23H29ClN4O3/c1-31-19-6-7-21(25-12-19)20-14-28(13-15-10-18(29)11-15)9-8-22(20)27-23(30)26-17-4-2-16(24)3-5-17/h2-7,12,15,18,20,22,29H,8-11,13-14H2,1H3,(H2,26,27,30)/t15?,18?,20-,22+/m0/s1. The normalized spacial score (nSPS) is 26.0. The molecule has 2 heterocycles. The van der Waals surface area contributed by atoms with Crippen molar-refractivity contribution in [2.24, 2.45) is 5.92 Å². The zero-order chi connectivity index (χ0) is 21.8. The summed E-state index contributed by atoms with van der Waals surface area (Å²) in [6.45, 7) is 2.70. The van der Waals surface area contributed by atoms with Crippen molar-refractivity contribution in [2.75, 3.05) is 32.1 Å². The number of pyridine rings is 1. The molecular formula is C23H29ClN4O3. The highest BCUT2D eigenvalue weighted by atomic mass is 35.5. The number of nitrogens with one attached hydrogen (secondary N) is 2. The van der Waals surface area contributed by atoms with Gasteiger partial charge < -0.3 is 25.4 Å². The second-order valence-corrected chi connectivity index (χ2v) is 8.92. The molecule has 1 aromatic heterocycles. The van der Waals surface area contributed by atoms with Gasteiger partial charge in [-0.25, -0.2) is 4.79 Å². The third kappa shape index (κ3) is 5.67. The van der Waals surface area contributed by atoms with E-state index in [0.29, 0.717) is 22.4 Å². The quantitative estimate of drug-likeness (QED) is 0.634. The third-order valence-corrected chi connectivity index (χ3v) is 6.47. The van der Waals surface area contributed by atoms with Gasteiger partial charge in [-0.3, -0.25) is 4.98 Å². The fraction of sp³-hybridized carbons (Fsp3) is 0.478. The highest BCUT2D eigenvalue weighted by Gasteiger charge is 2.35. The Morgan fingerprint density at radius 1 is 1.26 bits per heavy atom. The molecular weight excluding hydrogens is 416 g/mol. The van der Waals surface area contributed by atoms with Gasteiger partial charge in [-0.2, -0.15) is 0 Å². The van der Waals surface area contributed by atoms with Crippen molar-refractivity contribution >= 4 is 23.3 Å². The van der Waals surface area contributed by atoms with Crippen LogP contribution in [0.25, 0.3) is 0 Å². The van der Waals surface area contributed by atoms with Gasteiger partial charge in [-0.05, 0) is 61.6 Å². The second kappa shape index (κ2) is 9.85. The van der Waals surface area contributed by atoms with Crippen molar-refractivity contribution in [1.82, 2.24) is 15.2 Å². The van der Waals surface area contributed by atoms with Crippen LogP contribution in [0.3, 0.4) is 0 Å². The van der Waals surface area contributed by atoms with E-state index in [-0.39, 0.29) is 24.1 Å². The van der Waals surface area contributed by atoms with E-state index in [1.807, 2.05) is 12.1 Å². The Hall–Kier alpha value is -2.35.